The molecule has 1 aromatic heterocycles. The number of aryl methyl sites for hydroxylation is 1. The Morgan fingerprint density at radius 3 is 2.52 bits per heavy atom. The molecular formula is C15H21F2N3O3. The number of aliphatic hydroxyl groups is 1. The van der Waals surface area contributed by atoms with Crippen molar-refractivity contribution in [1.82, 2.24) is 15.0 Å². The molecule has 1 aliphatic heterocycles. The molecule has 3 rings (SSSR count). The van der Waals surface area contributed by atoms with Crippen molar-refractivity contribution in [3.8, 4) is 0 Å². The van der Waals surface area contributed by atoms with Gasteiger partial charge in [-0.05, 0) is 26.2 Å². The summed E-state index contributed by atoms with van der Waals surface area (Å²) in [5, 5.41) is 13.7. The molecule has 8 heteroatoms. The molecule has 0 unspecified atom stereocenters. The number of piperazine rings is 1. The van der Waals surface area contributed by atoms with Crippen LogP contribution in [0.2, 0.25) is 0 Å². The van der Waals surface area contributed by atoms with Gasteiger partial charge in [0.1, 0.15) is 5.60 Å². The molecule has 1 saturated carbocycles. The molecule has 1 aliphatic carbocycles. The molecule has 1 amide bonds. The van der Waals surface area contributed by atoms with Gasteiger partial charge in [0.25, 0.3) is 5.91 Å². The van der Waals surface area contributed by atoms with E-state index in [0.29, 0.717) is 26.1 Å². The molecule has 0 atom stereocenters. The quantitative estimate of drug-likeness (QED) is 0.898. The van der Waals surface area contributed by atoms with Crippen molar-refractivity contribution in [3.63, 3.8) is 0 Å². The Morgan fingerprint density at radius 1 is 1.39 bits per heavy atom. The predicted octanol–water partition coefficient (Wildman–Crippen LogP) is 1.18. The number of nitrogens with zero attached hydrogens (tertiary/aromatic N) is 3. The van der Waals surface area contributed by atoms with E-state index in [-0.39, 0.29) is 25.9 Å². The highest BCUT2D eigenvalue weighted by molar-refractivity contribution is 5.85. The third-order valence-corrected chi connectivity index (χ3v) is 4.75. The summed E-state index contributed by atoms with van der Waals surface area (Å²) in [4.78, 5) is 15.3. The lowest BCUT2D eigenvalue weighted by Crippen LogP contribution is -2.63. The highest BCUT2D eigenvalue weighted by Crippen LogP contribution is 2.45. The van der Waals surface area contributed by atoms with Gasteiger partial charge in [0, 0.05) is 32.2 Å². The number of halogens is 2. The van der Waals surface area contributed by atoms with Gasteiger partial charge in [-0.2, -0.15) is 8.78 Å². The zero-order valence-electron chi connectivity index (χ0n) is 13.1. The van der Waals surface area contributed by atoms with Gasteiger partial charge in [0.05, 0.1) is 12.2 Å². The normalized spacial score (nSPS) is 22.0. The highest BCUT2D eigenvalue weighted by atomic mass is 19.3. The number of aromatic nitrogens is 1. The van der Waals surface area contributed by atoms with Crippen LogP contribution >= 0.6 is 0 Å². The van der Waals surface area contributed by atoms with Crippen molar-refractivity contribution < 1.29 is 23.2 Å². The lowest BCUT2D eigenvalue weighted by Gasteiger charge is -2.44. The minimum atomic E-state index is -3.70. The van der Waals surface area contributed by atoms with E-state index in [4.69, 9.17) is 4.52 Å². The lowest BCUT2D eigenvalue weighted by atomic mass is 9.75. The number of hydrogen-bond donors (Lipinski definition) is 1. The first kappa shape index (κ1) is 16.3. The Hall–Kier alpha value is -1.54. The molecule has 2 heterocycles. The Kier molecular flexibility index (Phi) is 4.14. The molecule has 0 aromatic carbocycles. The Bertz CT molecular complexity index is 578. The van der Waals surface area contributed by atoms with E-state index in [0.717, 1.165) is 16.4 Å². The van der Waals surface area contributed by atoms with Gasteiger partial charge in [-0.15, -0.1) is 0 Å². The van der Waals surface area contributed by atoms with Crippen LogP contribution in [0.3, 0.4) is 0 Å². The first-order valence-electron chi connectivity index (χ1n) is 7.86. The fraction of sp³-hybridized carbons (Fsp3) is 0.733. The maximum Gasteiger partial charge on any atom is 0.352 e. The van der Waals surface area contributed by atoms with Crippen molar-refractivity contribution in [2.45, 2.75) is 44.3 Å². The van der Waals surface area contributed by atoms with E-state index >= 15 is 0 Å². The second-order valence-electron chi connectivity index (χ2n) is 6.46. The summed E-state index contributed by atoms with van der Waals surface area (Å²) >= 11 is 0. The van der Waals surface area contributed by atoms with Crippen LogP contribution < -0.4 is 0 Å². The molecule has 6 nitrogen and oxygen atoms in total. The van der Waals surface area contributed by atoms with Gasteiger partial charge < -0.3 is 14.5 Å². The Morgan fingerprint density at radius 2 is 2.04 bits per heavy atom. The standard InChI is InChI=1S/C15H21F2N3O3/c1-11-9-12(23-18-11)10-19-5-7-20(8-6-19)13(21)15(16,17)14(22)3-2-4-14/h9,22H,2-8,10H2,1H3. The van der Waals surface area contributed by atoms with Crippen LogP contribution in [0.25, 0.3) is 0 Å². The topological polar surface area (TPSA) is 69.8 Å². The fourth-order valence-corrected chi connectivity index (χ4v) is 3.04. The molecule has 0 spiro atoms. The van der Waals surface area contributed by atoms with Crippen molar-refractivity contribution in [3.05, 3.63) is 17.5 Å². The van der Waals surface area contributed by atoms with Crippen LogP contribution in [-0.2, 0) is 11.3 Å². The van der Waals surface area contributed by atoms with E-state index in [1.165, 1.54) is 0 Å². The largest absolute Gasteiger partial charge is 0.383 e. The van der Waals surface area contributed by atoms with Crippen LogP contribution in [0.5, 0.6) is 0 Å². The Balaban J connectivity index is 1.55. The third-order valence-electron chi connectivity index (χ3n) is 4.75. The minimum Gasteiger partial charge on any atom is -0.383 e. The number of amides is 1. The molecule has 128 valence electrons. The molecule has 1 saturated heterocycles. The van der Waals surface area contributed by atoms with Crippen molar-refractivity contribution in [1.29, 1.82) is 0 Å². The molecule has 0 radical (unpaired) electrons. The first-order valence-corrected chi connectivity index (χ1v) is 7.86. The molecule has 0 bridgehead atoms. The number of carbonyl (C=O) groups excluding carboxylic acids is 1. The van der Waals surface area contributed by atoms with Gasteiger partial charge in [-0.1, -0.05) is 5.16 Å². The SMILES string of the molecule is Cc1cc(CN2CCN(C(=O)C(F)(F)C3(O)CCC3)CC2)on1. The van der Waals surface area contributed by atoms with Crippen LogP contribution in [0.1, 0.15) is 30.7 Å². The van der Waals surface area contributed by atoms with Gasteiger partial charge in [-0.3, -0.25) is 9.69 Å². The summed E-state index contributed by atoms with van der Waals surface area (Å²) in [6.07, 6.45) is 0.497. The van der Waals surface area contributed by atoms with Gasteiger partial charge in [0.15, 0.2) is 5.76 Å². The third kappa shape index (κ3) is 2.97. The average molecular weight is 329 g/mol. The summed E-state index contributed by atoms with van der Waals surface area (Å²) < 4.78 is 33.5. The zero-order chi connectivity index (χ0) is 16.7. The van der Waals surface area contributed by atoms with E-state index < -0.39 is 17.4 Å². The van der Waals surface area contributed by atoms with Crippen LogP contribution in [0.15, 0.2) is 10.6 Å². The van der Waals surface area contributed by atoms with Crippen molar-refractivity contribution in [2.24, 2.45) is 0 Å². The number of carbonyl (C=O) groups is 1. The molecule has 23 heavy (non-hydrogen) atoms. The summed E-state index contributed by atoms with van der Waals surface area (Å²) in [6.45, 7) is 3.79. The van der Waals surface area contributed by atoms with Crippen LogP contribution in [0, 0.1) is 6.92 Å². The van der Waals surface area contributed by atoms with Crippen LogP contribution in [0.4, 0.5) is 8.78 Å². The van der Waals surface area contributed by atoms with Crippen molar-refractivity contribution >= 4 is 5.91 Å². The summed E-state index contributed by atoms with van der Waals surface area (Å²) in [6, 6.07) is 1.83. The van der Waals surface area contributed by atoms with Gasteiger partial charge >= 0.3 is 5.92 Å². The van der Waals surface area contributed by atoms with E-state index in [1.54, 1.807) is 0 Å². The monoisotopic (exact) mass is 329 g/mol. The fourth-order valence-electron chi connectivity index (χ4n) is 3.04. The number of alkyl halides is 2. The Labute approximate surface area is 133 Å². The molecule has 2 aliphatic rings. The maximum absolute atomic E-state index is 14.2. The predicted molar refractivity (Wildman–Crippen MR) is 76.8 cm³/mol. The smallest absolute Gasteiger partial charge is 0.352 e. The molecular weight excluding hydrogens is 308 g/mol. The van der Waals surface area contributed by atoms with E-state index in [2.05, 4.69) is 5.16 Å². The second-order valence-corrected chi connectivity index (χ2v) is 6.46. The van der Waals surface area contributed by atoms with Crippen molar-refractivity contribution in [2.75, 3.05) is 26.2 Å². The van der Waals surface area contributed by atoms with E-state index in [9.17, 15) is 18.7 Å². The van der Waals surface area contributed by atoms with E-state index in [1.807, 2.05) is 17.9 Å². The number of hydrogen-bond acceptors (Lipinski definition) is 5. The summed E-state index contributed by atoms with van der Waals surface area (Å²) in [5.41, 5.74) is -1.36. The van der Waals surface area contributed by atoms with Gasteiger partial charge in [-0.25, -0.2) is 0 Å². The molecule has 1 N–H and O–H groups in total. The molecule has 1 aromatic rings. The first-order chi connectivity index (χ1) is 10.8. The highest BCUT2D eigenvalue weighted by Gasteiger charge is 2.62. The summed E-state index contributed by atoms with van der Waals surface area (Å²) in [7, 11) is 0. The number of rotatable bonds is 4. The average Bonchev–Trinajstić information content (AvgIpc) is 2.89. The lowest BCUT2D eigenvalue weighted by molar-refractivity contribution is -0.224. The zero-order valence-corrected chi connectivity index (χ0v) is 13.1. The van der Waals surface area contributed by atoms with Crippen LogP contribution in [-0.4, -0.2) is 63.7 Å². The second kappa shape index (κ2) is 5.83. The molecule has 2 fully saturated rings. The van der Waals surface area contributed by atoms with Gasteiger partial charge in [0.2, 0.25) is 0 Å². The minimum absolute atomic E-state index is 0.0173. The summed E-state index contributed by atoms with van der Waals surface area (Å²) in [5.74, 6) is -4.23. The maximum atomic E-state index is 14.2.